The molecule has 19 heavy (non-hydrogen) atoms. The van der Waals surface area contributed by atoms with Crippen molar-refractivity contribution in [2.75, 3.05) is 0 Å². The first-order chi connectivity index (χ1) is 9.01. The van der Waals surface area contributed by atoms with Crippen LogP contribution in [0.5, 0.6) is 0 Å². The molecule has 1 atom stereocenters. The van der Waals surface area contributed by atoms with E-state index in [2.05, 4.69) is 45.0 Å². The molecule has 1 aromatic carbocycles. The van der Waals surface area contributed by atoms with Gasteiger partial charge in [0.25, 0.3) is 0 Å². The minimum atomic E-state index is 0.133. The molecule has 0 aromatic heterocycles. The first-order valence-corrected chi connectivity index (χ1v) is 8.27. The van der Waals surface area contributed by atoms with Gasteiger partial charge in [0.15, 0.2) is 8.46 Å². The highest BCUT2D eigenvalue weighted by Gasteiger charge is 2.49. The predicted molar refractivity (Wildman–Crippen MR) is 81.8 cm³/mol. The molecule has 0 heterocycles. The van der Waals surface area contributed by atoms with E-state index in [4.69, 9.17) is 0 Å². The van der Waals surface area contributed by atoms with Crippen molar-refractivity contribution in [2.24, 2.45) is 10.8 Å². The number of hydrogen-bond donors (Lipinski definition) is 0. The van der Waals surface area contributed by atoms with E-state index in [-0.39, 0.29) is 24.9 Å². The summed E-state index contributed by atoms with van der Waals surface area (Å²) in [5.74, 6) is 0. The SMILES string of the molecule is CC(C)(C)C1(C(P=O)c2ccccc2)CCCCC1. The lowest BCUT2D eigenvalue weighted by atomic mass is 9.56. The lowest BCUT2D eigenvalue weighted by Gasteiger charge is -2.50. The van der Waals surface area contributed by atoms with Gasteiger partial charge in [0, 0.05) is 0 Å². The maximum Gasteiger partial charge on any atom is 0.164 e. The van der Waals surface area contributed by atoms with E-state index in [1.165, 1.54) is 37.7 Å². The maximum absolute atomic E-state index is 12.0. The lowest BCUT2D eigenvalue weighted by molar-refractivity contribution is 0.0343. The molecule has 1 fully saturated rings. The van der Waals surface area contributed by atoms with Gasteiger partial charge in [-0.3, -0.25) is 4.57 Å². The molecular formula is C17H25OP. The summed E-state index contributed by atoms with van der Waals surface area (Å²) in [6.07, 6.45) is 6.28. The van der Waals surface area contributed by atoms with E-state index in [9.17, 15) is 4.57 Å². The number of hydrogen-bond acceptors (Lipinski definition) is 1. The molecule has 104 valence electrons. The van der Waals surface area contributed by atoms with Crippen molar-refractivity contribution in [1.82, 2.24) is 0 Å². The van der Waals surface area contributed by atoms with Gasteiger partial charge in [0.2, 0.25) is 0 Å². The van der Waals surface area contributed by atoms with Gasteiger partial charge in [0.05, 0.1) is 5.66 Å². The molecule has 1 unspecified atom stereocenters. The average Bonchev–Trinajstić information content (AvgIpc) is 2.41. The zero-order chi connectivity index (χ0) is 13.9. The molecule has 0 bridgehead atoms. The molecular weight excluding hydrogens is 251 g/mol. The smallest absolute Gasteiger partial charge is 0.164 e. The molecule has 0 N–H and O–H groups in total. The summed E-state index contributed by atoms with van der Waals surface area (Å²) in [4.78, 5) is 0. The van der Waals surface area contributed by atoms with E-state index in [1.54, 1.807) is 0 Å². The van der Waals surface area contributed by atoms with E-state index in [0.29, 0.717) is 0 Å². The Balaban J connectivity index is 2.44. The van der Waals surface area contributed by atoms with Gasteiger partial charge in [-0.2, -0.15) is 0 Å². The van der Waals surface area contributed by atoms with Gasteiger partial charge in [-0.25, -0.2) is 0 Å². The van der Waals surface area contributed by atoms with Crippen LogP contribution in [0.25, 0.3) is 0 Å². The Kier molecular flexibility index (Phi) is 4.46. The molecule has 2 rings (SSSR count). The highest BCUT2D eigenvalue weighted by Crippen LogP contribution is 2.61. The molecule has 1 aliphatic rings. The first kappa shape index (κ1) is 14.7. The van der Waals surface area contributed by atoms with Gasteiger partial charge in [-0.05, 0) is 29.2 Å². The number of benzene rings is 1. The maximum atomic E-state index is 12.0. The second-order valence-corrected chi connectivity index (χ2v) is 7.61. The Labute approximate surface area is 119 Å². The summed E-state index contributed by atoms with van der Waals surface area (Å²) >= 11 is 0. The summed E-state index contributed by atoms with van der Waals surface area (Å²) in [7, 11) is 0.279. The largest absolute Gasteiger partial charge is 0.274 e. The minimum absolute atomic E-state index is 0.133. The van der Waals surface area contributed by atoms with Crippen LogP contribution in [0.4, 0.5) is 0 Å². The third-order valence-electron chi connectivity index (χ3n) is 4.98. The summed E-state index contributed by atoms with van der Waals surface area (Å²) < 4.78 is 12.0. The Morgan fingerprint density at radius 2 is 1.63 bits per heavy atom. The van der Waals surface area contributed by atoms with E-state index < -0.39 is 0 Å². The van der Waals surface area contributed by atoms with E-state index in [0.717, 1.165) is 0 Å². The van der Waals surface area contributed by atoms with E-state index >= 15 is 0 Å². The van der Waals surface area contributed by atoms with Crippen LogP contribution in [-0.4, -0.2) is 0 Å². The quantitative estimate of drug-likeness (QED) is 0.617. The fraction of sp³-hybridized carbons (Fsp3) is 0.647. The molecule has 1 saturated carbocycles. The predicted octanol–water partition coefficient (Wildman–Crippen LogP) is 6.02. The molecule has 0 amide bonds. The Bertz CT molecular complexity index is 413. The van der Waals surface area contributed by atoms with Crippen LogP contribution in [0.2, 0.25) is 0 Å². The molecule has 0 saturated heterocycles. The van der Waals surface area contributed by atoms with Gasteiger partial charge >= 0.3 is 0 Å². The van der Waals surface area contributed by atoms with Crippen molar-refractivity contribution in [1.29, 1.82) is 0 Å². The normalized spacial score (nSPS) is 21.2. The number of rotatable bonds is 3. The lowest BCUT2D eigenvalue weighted by Crippen LogP contribution is -2.41. The third kappa shape index (κ3) is 2.77. The molecule has 2 heteroatoms. The van der Waals surface area contributed by atoms with Crippen molar-refractivity contribution in [2.45, 2.75) is 58.5 Å². The van der Waals surface area contributed by atoms with Crippen molar-refractivity contribution in [3.63, 3.8) is 0 Å². The van der Waals surface area contributed by atoms with Crippen molar-refractivity contribution >= 4 is 8.46 Å². The molecule has 0 aliphatic heterocycles. The van der Waals surface area contributed by atoms with Crippen LogP contribution in [0.15, 0.2) is 30.3 Å². The van der Waals surface area contributed by atoms with Gasteiger partial charge < -0.3 is 0 Å². The van der Waals surface area contributed by atoms with Crippen molar-refractivity contribution in [3.8, 4) is 0 Å². The summed E-state index contributed by atoms with van der Waals surface area (Å²) in [5, 5.41) is 0. The summed E-state index contributed by atoms with van der Waals surface area (Å²) in [6, 6.07) is 10.4. The average molecular weight is 276 g/mol. The standard InChI is InChI=1S/C17H25OP/c1-16(2,3)17(12-8-5-9-13-17)15(19-18)14-10-6-4-7-11-14/h4,6-7,10-11,15H,5,8-9,12-13H2,1-3H3. The van der Waals surface area contributed by atoms with Crippen LogP contribution in [-0.2, 0) is 4.57 Å². The molecule has 1 aromatic rings. The van der Waals surface area contributed by atoms with Crippen LogP contribution >= 0.6 is 8.46 Å². The van der Waals surface area contributed by atoms with E-state index in [1.807, 2.05) is 6.07 Å². The Morgan fingerprint density at radius 3 is 2.11 bits per heavy atom. The van der Waals surface area contributed by atoms with Crippen LogP contribution in [0.1, 0.15) is 64.1 Å². The van der Waals surface area contributed by atoms with Gasteiger partial charge in [-0.1, -0.05) is 70.4 Å². The molecule has 1 aliphatic carbocycles. The van der Waals surface area contributed by atoms with Crippen LogP contribution < -0.4 is 0 Å². The van der Waals surface area contributed by atoms with Gasteiger partial charge in [-0.15, -0.1) is 0 Å². The highest BCUT2D eigenvalue weighted by molar-refractivity contribution is 7.24. The summed E-state index contributed by atoms with van der Waals surface area (Å²) in [5.41, 5.74) is 1.71. The van der Waals surface area contributed by atoms with Gasteiger partial charge in [0.1, 0.15) is 0 Å². The fourth-order valence-corrected chi connectivity index (χ4v) is 4.87. The minimum Gasteiger partial charge on any atom is -0.274 e. The van der Waals surface area contributed by atoms with Crippen LogP contribution in [0.3, 0.4) is 0 Å². The summed E-state index contributed by atoms with van der Waals surface area (Å²) in [6.45, 7) is 6.96. The monoisotopic (exact) mass is 276 g/mol. The Morgan fingerprint density at radius 1 is 1.05 bits per heavy atom. The zero-order valence-electron chi connectivity index (χ0n) is 12.4. The van der Waals surface area contributed by atoms with Crippen molar-refractivity contribution < 1.29 is 4.57 Å². The molecule has 0 spiro atoms. The highest BCUT2D eigenvalue weighted by atomic mass is 31.1. The zero-order valence-corrected chi connectivity index (χ0v) is 13.2. The van der Waals surface area contributed by atoms with Crippen molar-refractivity contribution in [3.05, 3.63) is 35.9 Å². The molecule has 0 radical (unpaired) electrons. The second-order valence-electron chi connectivity index (χ2n) is 6.89. The Hall–Kier alpha value is -0.680. The third-order valence-corrected chi connectivity index (χ3v) is 5.99. The second kappa shape index (κ2) is 5.75. The molecule has 1 nitrogen and oxygen atoms in total. The van der Waals surface area contributed by atoms with Crippen LogP contribution in [0, 0.1) is 10.8 Å². The first-order valence-electron chi connectivity index (χ1n) is 7.39. The topological polar surface area (TPSA) is 17.1 Å². The fourth-order valence-electron chi connectivity index (χ4n) is 3.73.